The van der Waals surface area contributed by atoms with Gasteiger partial charge in [-0.15, -0.1) is 0 Å². The Labute approximate surface area is 164 Å². The molecule has 152 valence electrons. The number of methoxy groups -OCH3 is 2. The van der Waals surface area contributed by atoms with Crippen LogP contribution in [-0.4, -0.2) is 49.0 Å². The number of anilines is 1. The van der Waals surface area contributed by atoms with E-state index >= 15 is 0 Å². The summed E-state index contributed by atoms with van der Waals surface area (Å²) in [5, 5.41) is 5.52. The number of ether oxygens (including phenoxy) is 2. The maximum atomic E-state index is 12.9. The lowest BCUT2D eigenvalue weighted by Crippen LogP contribution is -2.51. The molecule has 1 aromatic carbocycles. The summed E-state index contributed by atoms with van der Waals surface area (Å²) in [5.41, 5.74) is -0.439. The van der Waals surface area contributed by atoms with Crippen molar-refractivity contribution in [2.75, 3.05) is 26.1 Å². The van der Waals surface area contributed by atoms with Crippen LogP contribution >= 0.6 is 0 Å². The number of benzene rings is 1. The molecule has 0 bridgehead atoms. The number of carbonyl (C=O) groups excluding carboxylic acids is 3. The highest BCUT2D eigenvalue weighted by Gasteiger charge is 2.52. The van der Waals surface area contributed by atoms with Gasteiger partial charge in [0.2, 0.25) is 5.91 Å². The van der Waals surface area contributed by atoms with Gasteiger partial charge in [0.25, 0.3) is 5.91 Å². The predicted molar refractivity (Wildman–Crippen MR) is 103 cm³/mol. The Morgan fingerprint density at radius 1 is 1.18 bits per heavy atom. The van der Waals surface area contributed by atoms with Gasteiger partial charge in [-0.2, -0.15) is 0 Å². The lowest BCUT2D eigenvalue weighted by molar-refractivity contribution is -0.135. The van der Waals surface area contributed by atoms with Crippen molar-refractivity contribution in [3.8, 4) is 11.5 Å². The number of hydrogen-bond acceptors (Lipinski definition) is 5. The second-order valence-corrected chi connectivity index (χ2v) is 7.48. The number of carbonyl (C=O) groups is 3. The van der Waals surface area contributed by atoms with Crippen LogP contribution < -0.4 is 20.1 Å². The summed E-state index contributed by atoms with van der Waals surface area (Å²) >= 11 is 0. The molecule has 0 unspecified atom stereocenters. The molecule has 2 N–H and O–H groups in total. The minimum atomic E-state index is -0.929. The molecule has 2 fully saturated rings. The standard InChI is InChI=1S/C20H27N3O5/c1-20(13-7-5-4-6-8-13)18(25)23(19(26)22-20)12-17(24)21-14-9-10-15(27-2)16(11-14)28-3/h9-11,13H,4-8,12H2,1-3H3,(H,21,24)(H,22,26)/t20-/m0/s1. The highest BCUT2D eigenvalue weighted by molar-refractivity contribution is 6.10. The molecule has 1 aliphatic carbocycles. The molecule has 8 heteroatoms. The third-order valence-corrected chi connectivity index (χ3v) is 5.69. The monoisotopic (exact) mass is 389 g/mol. The summed E-state index contributed by atoms with van der Waals surface area (Å²) in [6.07, 6.45) is 5.10. The third-order valence-electron chi connectivity index (χ3n) is 5.69. The van der Waals surface area contributed by atoms with Gasteiger partial charge in [0.1, 0.15) is 12.1 Å². The van der Waals surface area contributed by atoms with Crippen molar-refractivity contribution in [3.63, 3.8) is 0 Å². The zero-order valence-corrected chi connectivity index (χ0v) is 16.5. The molecule has 0 spiro atoms. The minimum Gasteiger partial charge on any atom is -0.493 e. The average Bonchev–Trinajstić information content (AvgIpc) is 2.92. The third kappa shape index (κ3) is 3.76. The maximum absolute atomic E-state index is 12.9. The van der Waals surface area contributed by atoms with Crippen molar-refractivity contribution in [2.45, 2.75) is 44.6 Å². The fourth-order valence-electron chi connectivity index (χ4n) is 4.07. The summed E-state index contributed by atoms with van der Waals surface area (Å²) in [6.45, 7) is 1.44. The summed E-state index contributed by atoms with van der Waals surface area (Å²) in [5.74, 6) is 0.338. The Balaban J connectivity index is 1.67. The van der Waals surface area contributed by atoms with E-state index < -0.39 is 17.5 Å². The summed E-state index contributed by atoms with van der Waals surface area (Å²) < 4.78 is 10.4. The number of urea groups is 1. The second kappa shape index (κ2) is 8.08. The van der Waals surface area contributed by atoms with Crippen LogP contribution in [0.1, 0.15) is 39.0 Å². The van der Waals surface area contributed by atoms with Crippen molar-refractivity contribution in [1.82, 2.24) is 10.2 Å². The van der Waals surface area contributed by atoms with E-state index in [1.54, 1.807) is 25.1 Å². The van der Waals surface area contributed by atoms with E-state index in [2.05, 4.69) is 10.6 Å². The zero-order chi connectivity index (χ0) is 20.3. The van der Waals surface area contributed by atoms with E-state index in [-0.39, 0.29) is 18.4 Å². The Morgan fingerprint density at radius 3 is 2.50 bits per heavy atom. The van der Waals surface area contributed by atoms with E-state index in [9.17, 15) is 14.4 Å². The van der Waals surface area contributed by atoms with E-state index in [1.807, 2.05) is 0 Å². The van der Waals surface area contributed by atoms with Crippen molar-refractivity contribution < 1.29 is 23.9 Å². The molecule has 4 amide bonds. The van der Waals surface area contributed by atoms with Gasteiger partial charge in [-0.1, -0.05) is 19.3 Å². The van der Waals surface area contributed by atoms with Crippen LogP contribution in [0.3, 0.4) is 0 Å². The van der Waals surface area contributed by atoms with Gasteiger partial charge in [-0.25, -0.2) is 4.79 Å². The fraction of sp³-hybridized carbons (Fsp3) is 0.550. The maximum Gasteiger partial charge on any atom is 0.325 e. The molecule has 8 nitrogen and oxygen atoms in total. The molecule has 0 aromatic heterocycles. The van der Waals surface area contributed by atoms with Gasteiger partial charge >= 0.3 is 6.03 Å². The van der Waals surface area contributed by atoms with Crippen molar-refractivity contribution >= 4 is 23.5 Å². The molecule has 1 aromatic rings. The second-order valence-electron chi connectivity index (χ2n) is 7.48. The van der Waals surface area contributed by atoms with E-state index in [0.717, 1.165) is 37.0 Å². The van der Waals surface area contributed by atoms with Crippen LogP contribution in [0.5, 0.6) is 11.5 Å². The normalized spacial score (nSPS) is 22.8. The van der Waals surface area contributed by atoms with Crippen molar-refractivity contribution in [1.29, 1.82) is 0 Å². The fourth-order valence-corrected chi connectivity index (χ4v) is 4.07. The number of rotatable bonds is 6. The van der Waals surface area contributed by atoms with E-state index in [0.29, 0.717) is 17.2 Å². The quantitative estimate of drug-likeness (QED) is 0.729. The van der Waals surface area contributed by atoms with Gasteiger partial charge in [0, 0.05) is 11.8 Å². The van der Waals surface area contributed by atoms with Gasteiger partial charge in [0.05, 0.1) is 14.2 Å². The first-order chi connectivity index (χ1) is 13.4. The van der Waals surface area contributed by atoms with Crippen molar-refractivity contribution in [2.24, 2.45) is 5.92 Å². The first kappa shape index (κ1) is 20.0. The minimum absolute atomic E-state index is 0.108. The van der Waals surface area contributed by atoms with Crippen LogP contribution in [0.25, 0.3) is 0 Å². The van der Waals surface area contributed by atoms with Crippen LogP contribution in [0.2, 0.25) is 0 Å². The van der Waals surface area contributed by atoms with Crippen LogP contribution in [0.4, 0.5) is 10.5 Å². The molecule has 1 heterocycles. The average molecular weight is 389 g/mol. The number of nitrogens with one attached hydrogen (secondary N) is 2. The molecule has 2 aliphatic rings. The number of imide groups is 1. The lowest BCUT2D eigenvalue weighted by Gasteiger charge is -2.34. The Kier molecular flexibility index (Phi) is 5.76. The van der Waals surface area contributed by atoms with E-state index in [1.165, 1.54) is 14.2 Å². The van der Waals surface area contributed by atoms with Gasteiger partial charge in [-0.3, -0.25) is 14.5 Å². The van der Waals surface area contributed by atoms with Crippen molar-refractivity contribution in [3.05, 3.63) is 18.2 Å². The smallest absolute Gasteiger partial charge is 0.325 e. The van der Waals surface area contributed by atoms with Gasteiger partial charge in [-0.05, 0) is 37.8 Å². The number of nitrogens with zero attached hydrogens (tertiary/aromatic N) is 1. The molecule has 3 rings (SSSR count). The molecule has 28 heavy (non-hydrogen) atoms. The molecule has 1 saturated carbocycles. The predicted octanol–water partition coefficient (Wildman–Crippen LogP) is 2.53. The summed E-state index contributed by atoms with van der Waals surface area (Å²) in [4.78, 5) is 38.8. The molecular formula is C20H27N3O5. The van der Waals surface area contributed by atoms with Gasteiger partial charge < -0.3 is 20.1 Å². The molecule has 0 radical (unpaired) electrons. The first-order valence-electron chi connectivity index (χ1n) is 9.55. The number of amides is 4. The van der Waals surface area contributed by atoms with Crippen LogP contribution in [-0.2, 0) is 9.59 Å². The van der Waals surface area contributed by atoms with Gasteiger partial charge in [0.15, 0.2) is 11.5 Å². The lowest BCUT2D eigenvalue weighted by atomic mass is 9.75. The largest absolute Gasteiger partial charge is 0.493 e. The molecule has 1 saturated heterocycles. The molecular weight excluding hydrogens is 362 g/mol. The Hall–Kier alpha value is -2.77. The SMILES string of the molecule is COc1ccc(NC(=O)CN2C(=O)N[C@@](C)(C3CCCCC3)C2=O)cc1OC. The Bertz CT molecular complexity index is 775. The highest BCUT2D eigenvalue weighted by atomic mass is 16.5. The van der Waals surface area contributed by atoms with E-state index in [4.69, 9.17) is 9.47 Å². The van der Waals surface area contributed by atoms with Crippen LogP contribution in [0.15, 0.2) is 18.2 Å². The van der Waals surface area contributed by atoms with Crippen LogP contribution in [0, 0.1) is 5.92 Å². The topological polar surface area (TPSA) is 97.0 Å². The zero-order valence-electron chi connectivity index (χ0n) is 16.5. The highest BCUT2D eigenvalue weighted by Crippen LogP contribution is 2.36. The summed E-state index contributed by atoms with van der Waals surface area (Å²) in [7, 11) is 3.03. The summed E-state index contributed by atoms with van der Waals surface area (Å²) in [6, 6.07) is 4.44. The first-order valence-corrected chi connectivity index (χ1v) is 9.55. The Morgan fingerprint density at radius 2 is 1.86 bits per heavy atom. The number of hydrogen-bond donors (Lipinski definition) is 2. The molecule has 1 atom stereocenters. The molecule has 1 aliphatic heterocycles.